The van der Waals surface area contributed by atoms with Gasteiger partial charge in [0.25, 0.3) is 0 Å². The van der Waals surface area contributed by atoms with Crippen LogP contribution in [0.25, 0.3) is 0 Å². The van der Waals surface area contributed by atoms with Crippen LogP contribution in [0.5, 0.6) is 0 Å². The van der Waals surface area contributed by atoms with Crippen molar-refractivity contribution in [2.45, 2.75) is 40.2 Å². The minimum absolute atomic E-state index is 0.0920. The summed E-state index contributed by atoms with van der Waals surface area (Å²) in [6, 6.07) is 0. The molecule has 0 aliphatic carbocycles. The lowest BCUT2D eigenvalue weighted by molar-refractivity contribution is -0.0136. The summed E-state index contributed by atoms with van der Waals surface area (Å²) in [6.07, 6.45) is 0. The van der Waals surface area contributed by atoms with Crippen molar-refractivity contribution in [1.82, 2.24) is 4.90 Å². The van der Waals surface area contributed by atoms with E-state index in [1.54, 1.807) is 0 Å². The zero-order chi connectivity index (χ0) is 9.78. The second-order valence-electron chi connectivity index (χ2n) is 3.75. The van der Waals surface area contributed by atoms with Gasteiger partial charge in [0.15, 0.2) is 0 Å². The summed E-state index contributed by atoms with van der Waals surface area (Å²) >= 11 is 0. The Morgan fingerprint density at radius 3 is 2.00 bits per heavy atom. The van der Waals surface area contributed by atoms with Gasteiger partial charge in [-0.15, -0.1) is 0 Å². The highest BCUT2D eigenvalue weighted by Gasteiger charge is 2.35. The molecular weight excluding hydrogens is 150 g/mol. The van der Waals surface area contributed by atoms with Gasteiger partial charge >= 0.3 is 0 Å². The van der Waals surface area contributed by atoms with Crippen LogP contribution in [-0.2, 0) is 4.74 Å². The summed E-state index contributed by atoms with van der Waals surface area (Å²) in [7, 11) is 2.09. The molecule has 1 rings (SSSR count). The summed E-state index contributed by atoms with van der Waals surface area (Å²) < 4.78 is 5.64. The van der Waals surface area contributed by atoms with E-state index in [0.29, 0.717) is 5.92 Å². The van der Waals surface area contributed by atoms with Crippen molar-refractivity contribution in [1.29, 1.82) is 0 Å². The van der Waals surface area contributed by atoms with Gasteiger partial charge in [0, 0.05) is 6.54 Å². The summed E-state index contributed by atoms with van der Waals surface area (Å²) in [5, 5.41) is 0. The molecule has 1 aliphatic rings. The summed E-state index contributed by atoms with van der Waals surface area (Å²) in [5.41, 5.74) is 0.0920. The summed E-state index contributed by atoms with van der Waals surface area (Å²) in [4.78, 5) is 2.21. The molecule has 12 heavy (non-hydrogen) atoms. The van der Waals surface area contributed by atoms with Gasteiger partial charge in [-0.2, -0.15) is 0 Å². The minimum Gasteiger partial charge on any atom is -0.358 e. The predicted molar refractivity (Wildman–Crippen MR) is 53.2 cm³/mol. The SMILES string of the molecule is CC.CC(C)C1(C)CN(C)CO1. The molecule has 0 spiro atoms. The molecule has 0 aromatic rings. The minimum atomic E-state index is 0.0920. The second-order valence-corrected chi connectivity index (χ2v) is 3.75. The van der Waals surface area contributed by atoms with E-state index in [1.165, 1.54) is 0 Å². The lowest BCUT2D eigenvalue weighted by atomic mass is 9.93. The fraction of sp³-hybridized carbons (Fsp3) is 1.00. The van der Waals surface area contributed by atoms with Crippen molar-refractivity contribution < 1.29 is 4.74 Å². The van der Waals surface area contributed by atoms with Crippen LogP contribution in [0.2, 0.25) is 0 Å². The monoisotopic (exact) mass is 173 g/mol. The van der Waals surface area contributed by atoms with Crippen LogP contribution in [0.4, 0.5) is 0 Å². The topological polar surface area (TPSA) is 12.5 Å². The van der Waals surface area contributed by atoms with Crippen molar-refractivity contribution in [2.24, 2.45) is 5.92 Å². The second kappa shape index (κ2) is 4.83. The fourth-order valence-electron chi connectivity index (χ4n) is 1.23. The first-order valence-electron chi connectivity index (χ1n) is 4.87. The molecule has 0 amide bonds. The number of rotatable bonds is 1. The predicted octanol–water partition coefficient (Wildman–Crippen LogP) is 2.35. The van der Waals surface area contributed by atoms with Crippen LogP contribution in [0, 0.1) is 5.92 Å². The van der Waals surface area contributed by atoms with E-state index in [2.05, 4.69) is 32.7 Å². The number of ether oxygens (including phenoxy) is 1. The Bertz CT molecular complexity index is 125. The van der Waals surface area contributed by atoms with Crippen molar-refractivity contribution in [2.75, 3.05) is 20.3 Å². The van der Waals surface area contributed by atoms with E-state index >= 15 is 0 Å². The van der Waals surface area contributed by atoms with Crippen LogP contribution in [0.1, 0.15) is 34.6 Å². The number of likely N-dealkylation sites (N-methyl/N-ethyl adjacent to an activating group) is 1. The molecule has 1 heterocycles. The number of hydrogen-bond acceptors (Lipinski definition) is 2. The van der Waals surface area contributed by atoms with Crippen molar-refractivity contribution in [3.63, 3.8) is 0 Å². The van der Waals surface area contributed by atoms with E-state index in [0.717, 1.165) is 13.3 Å². The van der Waals surface area contributed by atoms with E-state index in [9.17, 15) is 0 Å². The Labute approximate surface area is 76.9 Å². The molecule has 1 aliphatic heterocycles. The highest BCUT2D eigenvalue weighted by Crippen LogP contribution is 2.26. The average molecular weight is 173 g/mol. The lowest BCUT2D eigenvalue weighted by Crippen LogP contribution is -2.35. The Kier molecular flexibility index (Phi) is 4.80. The van der Waals surface area contributed by atoms with Gasteiger partial charge in [-0.05, 0) is 19.9 Å². The average Bonchev–Trinajstić information content (AvgIpc) is 2.37. The zero-order valence-corrected chi connectivity index (χ0v) is 9.35. The lowest BCUT2D eigenvalue weighted by Gasteiger charge is -2.26. The number of hydrogen-bond donors (Lipinski definition) is 0. The Morgan fingerprint density at radius 1 is 1.33 bits per heavy atom. The summed E-state index contributed by atoms with van der Waals surface area (Å²) in [6.45, 7) is 12.4. The largest absolute Gasteiger partial charge is 0.358 e. The van der Waals surface area contributed by atoms with Crippen LogP contribution in [-0.4, -0.2) is 30.8 Å². The highest BCUT2D eigenvalue weighted by atomic mass is 16.5. The third-order valence-electron chi connectivity index (χ3n) is 2.42. The molecule has 2 heteroatoms. The maximum atomic E-state index is 5.64. The third kappa shape index (κ3) is 2.76. The Morgan fingerprint density at radius 2 is 1.83 bits per heavy atom. The van der Waals surface area contributed by atoms with Crippen LogP contribution in [0.3, 0.4) is 0 Å². The maximum absolute atomic E-state index is 5.64. The standard InChI is InChI=1S/C8H17NO.C2H6/c1-7(2)8(3)5-9(4)6-10-8;1-2/h7H,5-6H2,1-4H3;1-2H3. The summed E-state index contributed by atoms with van der Waals surface area (Å²) in [5.74, 6) is 0.609. The molecule has 1 atom stereocenters. The van der Waals surface area contributed by atoms with Gasteiger partial charge in [-0.3, -0.25) is 4.90 Å². The first-order valence-corrected chi connectivity index (χ1v) is 4.87. The molecular formula is C10H23NO. The third-order valence-corrected chi connectivity index (χ3v) is 2.42. The molecule has 0 N–H and O–H groups in total. The normalized spacial score (nSPS) is 30.2. The van der Waals surface area contributed by atoms with Crippen LogP contribution in [0.15, 0.2) is 0 Å². The Hall–Kier alpha value is -0.0800. The van der Waals surface area contributed by atoms with Crippen molar-refractivity contribution >= 4 is 0 Å². The van der Waals surface area contributed by atoms with Gasteiger partial charge in [-0.25, -0.2) is 0 Å². The Balaban J connectivity index is 0.000000561. The van der Waals surface area contributed by atoms with E-state index in [1.807, 2.05) is 13.8 Å². The molecule has 2 nitrogen and oxygen atoms in total. The van der Waals surface area contributed by atoms with Gasteiger partial charge in [-0.1, -0.05) is 27.7 Å². The zero-order valence-electron chi connectivity index (χ0n) is 9.35. The quantitative estimate of drug-likeness (QED) is 0.603. The van der Waals surface area contributed by atoms with Gasteiger partial charge in [0.1, 0.15) is 0 Å². The van der Waals surface area contributed by atoms with E-state index in [-0.39, 0.29) is 5.60 Å². The molecule has 1 fully saturated rings. The van der Waals surface area contributed by atoms with Crippen LogP contribution >= 0.6 is 0 Å². The van der Waals surface area contributed by atoms with Gasteiger partial charge < -0.3 is 4.74 Å². The number of nitrogens with zero attached hydrogens (tertiary/aromatic N) is 1. The molecule has 74 valence electrons. The molecule has 0 bridgehead atoms. The smallest absolute Gasteiger partial charge is 0.0997 e. The highest BCUT2D eigenvalue weighted by molar-refractivity contribution is 4.85. The maximum Gasteiger partial charge on any atom is 0.0997 e. The molecule has 1 saturated heterocycles. The van der Waals surface area contributed by atoms with Crippen molar-refractivity contribution in [3.8, 4) is 0 Å². The van der Waals surface area contributed by atoms with Gasteiger partial charge in [0.05, 0.1) is 12.3 Å². The fourth-order valence-corrected chi connectivity index (χ4v) is 1.23. The van der Waals surface area contributed by atoms with E-state index in [4.69, 9.17) is 4.74 Å². The van der Waals surface area contributed by atoms with Crippen LogP contribution < -0.4 is 0 Å². The van der Waals surface area contributed by atoms with Gasteiger partial charge in [0.2, 0.25) is 0 Å². The molecule has 0 aromatic heterocycles. The molecule has 0 radical (unpaired) electrons. The van der Waals surface area contributed by atoms with E-state index < -0.39 is 0 Å². The molecule has 0 saturated carbocycles. The molecule has 0 aromatic carbocycles. The molecule has 1 unspecified atom stereocenters. The first kappa shape index (κ1) is 11.9. The first-order chi connectivity index (χ1) is 5.54. The van der Waals surface area contributed by atoms with Crippen molar-refractivity contribution in [3.05, 3.63) is 0 Å².